The summed E-state index contributed by atoms with van der Waals surface area (Å²) in [6, 6.07) is 7.34. The number of halogens is 2. The van der Waals surface area contributed by atoms with Crippen LogP contribution in [0.2, 0.25) is 0 Å². The van der Waals surface area contributed by atoms with Crippen LogP contribution >= 0.6 is 0 Å². The fourth-order valence-electron chi connectivity index (χ4n) is 7.17. The van der Waals surface area contributed by atoms with Crippen molar-refractivity contribution in [2.24, 2.45) is 11.8 Å². The first-order valence-corrected chi connectivity index (χ1v) is 16.7. The molecule has 1 heterocycles. The second-order valence-electron chi connectivity index (χ2n) is 13.1. The van der Waals surface area contributed by atoms with E-state index in [1.165, 1.54) is 50.7 Å². The number of benzene rings is 2. The molecule has 0 radical (unpaired) electrons. The second kappa shape index (κ2) is 16.5. The van der Waals surface area contributed by atoms with Gasteiger partial charge in [-0.05, 0) is 105 Å². The Hall–Kier alpha value is -2.84. The van der Waals surface area contributed by atoms with Crippen molar-refractivity contribution in [3.05, 3.63) is 70.3 Å². The van der Waals surface area contributed by atoms with Crippen molar-refractivity contribution >= 4 is 11.8 Å². The van der Waals surface area contributed by atoms with E-state index in [1.807, 2.05) is 20.8 Å². The van der Waals surface area contributed by atoms with E-state index in [1.54, 1.807) is 23.1 Å². The van der Waals surface area contributed by atoms with Crippen molar-refractivity contribution in [3.8, 4) is 0 Å². The summed E-state index contributed by atoms with van der Waals surface area (Å²) in [5.74, 6) is -0.609. The van der Waals surface area contributed by atoms with Crippen LogP contribution in [0.5, 0.6) is 0 Å². The first kappa shape index (κ1) is 34.0. The zero-order chi connectivity index (χ0) is 31.6. The van der Waals surface area contributed by atoms with Crippen molar-refractivity contribution in [3.63, 3.8) is 0 Å². The maximum absolute atomic E-state index is 14.1. The van der Waals surface area contributed by atoms with Crippen molar-refractivity contribution in [2.45, 2.75) is 110 Å². The number of hydrogen-bond donors (Lipinski definition) is 3. The molecule has 4 rings (SSSR count). The van der Waals surface area contributed by atoms with E-state index in [2.05, 4.69) is 10.6 Å². The summed E-state index contributed by atoms with van der Waals surface area (Å²) >= 11 is 0. The SMILES string of the molecule is CCCN(CCC)C(=O)c1cc(C)cc(C(=O)N[C@@H](Cc2cc(F)cc(F)c2)C(O)C2CCC(CC3CCCCC3)CN2)c1. The molecular weight excluding hydrogens is 560 g/mol. The van der Waals surface area contributed by atoms with Crippen LogP contribution < -0.4 is 10.6 Å². The molecule has 2 aromatic carbocycles. The maximum Gasteiger partial charge on any atom is 0.253 e. The number of carbonyl (C=O) groups excluding carboxylic acids is 2. The topological polar surface area (TPSA) is 81.7 Å². The van der Waals surface area contributed by atoms with Gasteiger partial charge in [-0.1, -0.05) is 46.0 Å². The van der Waals surface area contributed by atoms with E-state index < -0.39 is 29.7 Å². The number of hydrogen-bond acceptors (Lipinski definition) is 4. The molecule has 1 aliphatic heterocycles. The van der Waals surface area contributed by atoms with Gasteiger partial charge in [0.15, 0.2) is 0 Å². The normalized spacial score (nSPS) is 20.6. The lowest BCUT2D eigenvalue weighted by atomic mass is 9.79. The van der Waals surface area contributed by atoms with Crippen LogP contribution in [0.15, 0.2) is 36.4 Å². The van der Waals surface area contributed by atoms with Crippen LogP contribution in [0.3, 0.4) is 0 Å². The highest BCUT2D eigenvalue weighted by Gasteiger charge is 2.33. The first-order valence-electron chi connectivity index (χ1n) is 16.7. The minimum atomic E-state index is -0.976. The third kappa shape index (κ3) is 9.58. The number of aliphatic hydroxyl groups excluding tert-OH is 1. The summed E-state index contributed by atoms with van der Waals surface area (Å²) in [6.45, 7) is 7.98. The molecule has 0 bridgehead atoms. The monoisotopic (exact) mass is 611 g/mol. The Balaban J connectivity index is 1.50. The third-order valence-electron chi connectivity index (χ3n) is 9.33. The molecule has 44 heavy (non-hydrogen) atoms. The van der Waals surface area contributed by atoms with Crippen LogP contribution in [0.4, 0.5) is 8.78 Å². The highest BCUT2D eigenvalue weighted by Crippen LogP contribution is 2.32. The molecule has 8 heteroatoms. The van der Waals surface area contributed by atoms with Gasteiger partial charge in [0.1, 0.15) is 11.6 Å². The highest BCUT2D eigenvalue weighted by atomic mass is 19.1. The van der Waals surface area contributed by atoms with Gasteiger partial charge in [0.2, 0.25) is 0 Å². The standard InChI is InChI=1S/C36H51F2N3O3/c1-4-13-41(14-5-2)36(44)29-16-24(3)15-28(21-29)35(43)40-33(20-27-18-30(37)22-31(38)19-27)34(42)32-12-11-26(23-39-32)17-25-9-7-6-8-10-25/h15-16,18-19,21-22,25-26,32-34,39,42H,4-14,17,20,23H2,1-3H3,(H,40,43)/t26?,32?,33-,34?/m0/s1. The molecule has 242 valence electrons. The van der Waals surface area contributed by atoms with Crippen molar-refractivity contribution in [1.29, 1.82) is 0 Å². The maximum atomic E-state index is 14.1. The highest BCUT2D eigenvalue weighted by molar-refractivity contribution is 6.00. The summed E-state index contributed by atoms with van der Waals surface area (Å²) in [7, 11) is 0. The average Bonchev–Trinajstić information content (AvgIpc) is 3.00. The van der Waals surface area contributed by atoms with Gasteiger partial charge in [0.25, 0.3) is 11.8 Å². The lowest BCUT2D eigenvalue weighted by Gasteiger charge is -2.37. The van der Waals surface area contributed by atoms with E-state index in [9.17, 15) is 23.5 Å². The number of rotatable bonds is 13. The van der Waals surface area contributed by atoms with Gasteiger partial charge in [-0.2, -0.15) is 0 Å². The smallest absolute Gasteiger partial charge is 0.253 e. The fraction of sp³-hybridized carbons (Fsp3) is 0.611. The van der Waals surface area contributed by atoms with E-state index in [4.69, 9.17) is 0 Å². The molecule has 1 aliphatic carbocycles. The molecule has 3 N–H and O–H groups in total. The summed E-state index contributed by atoms with van der Waals surface area (Å²) in [5.41, 5.74) is 1.89. The van der Waals surface area contributed by atoms with Crippen LogP contribution in [0, 0.1) is 30.4 Å². The van der Waals surface area contributed by atoms with Crippen LogP contribution in [-0.2, 0) is 6.42 Å². The van der Waals surface area contributed by atoms with E-state index >= 15 is 0 Å². The summed E-state index contributed by atoms with van der Waals surface area (Å²) in [4.78, 5) is 28.8. The predicted molar refractivity (Wildman–Crippen MR) is 171 cm³/mol. The predicted octanol–water partition coefficient (Wildman–Crippen LogP) is 6.58. The average molecular weight is 612 g/mol. The number of amides is 2. The number of nitrogens with one attached hydrogen (secondary N) is 2. The largest absolute Gasteiger partial charge is 0.389 e. The van der Waals surface area contributed by atoms with Crippen molar-refractivity contribution in [2.75, 3.05) is 19.6 Å². The molecule has 1 saturated heterocycles. The summed E-state index contributed by atoms with van der Waals surface area (Å²) < 4.78 is 28.2. The zero-order valence-corrected chi connectivity index (χ0v) is 26.7. The molecule has 6 nitrogen and oxygen atoms in total. The molecule has 0 spiro atoms. The van der Waals surface area contributed by atoms with Crippen LogP contribution in [-0.4, -0.2) is 59.6 Å². The van der Waals surface area contributed by atoms with Crippen molar-refractivity contribution < 1.29 is 23.5 Å². The number of carbonyl (C=O) groups is 2. The Morgan fingerprint density at radius 1 is 0.909 bits per heavy atom. The Morgan fingerprint density at radius 3 is 2.18 bits per heavy atom. The van der Waals surface area contributed by atoms with Gasteiger partial charge >= 0.3 is 0 Å². The fourth-order valence-corrected chi connectivity index (χ4v) is 7.17. The Kier molecular flexibility index (Phi) is 12.7. The molecule has 2 amide bonds. The van der Waals surface area contributed by atoms with Gasteiger partial charge in [0.05, 0.1) is 12.1 Å². The summed E-state index contributed by atoms with van der Waals surface area (Å²) in [6.07, 6.45) is 10.3. The minimum absolute atomic E-state index is 0.0592. The zero-order valence-electron chi connectivity index (χ0n) is 26.7. The molecule has 2 fully saturated rings. The number of aryl methyl sites for hydroxylation is 1. The molecule has 2 aliphatic rings. The van der Waals surface area contributed by atoms with Gasteiger partial charge in [-0.3, -0.25) is 9.59 Å². The second-order valence-corrected chi connectivity index (χ2v) is 13.1. The Labute approximate surface area is 262 Å². The lowest BCUT2D eigenvalue weighted by molar-refractivity contribution is 0.0579. The van der Waals surface area contributed by atoms with E-state index in [-0.39, 0.29) is 18.4 Å². The number of piperidine rings is 1. The molecule has 2 aromatic rings. The van der Waals surface area contributed by atoms with Gasteiger partial charge < -0.3 is 20.6 Å². The minimum Gasteiger partial charge on any atom is -0.389 e. The van der Waals surface area contributed by atoms with Gasteiger partial charge in [0, 0.05) is 36.3 Å². The Morgan fingerprint density at radius 2 is 1.57 bits per heavy atom. The third-order valence-corrected chi connectivity index (χ3v) is 9.33. The Bertz CT molecular complexity index is 1210. The first-order chi connectivity index (χ1) is 21.2. The summed E-state index contributed by atoms with van der Waals surface area (Å²) in [5, 5.41) is 18.1. The van der Waals surface area contributed by atoms with Crippen LogP contribution in [0.1, 0.15) is 110 Å². The van der Waals surface area contributed by atoms with Gasteiger partial charge in [-0.25, -0.2) is 8.78 Å². The molecule has 1 saturated carbocycles. The van der Waals surface area contributed by atoms with Gasteiger partial charge in [-0.15, -0.1) is 0 Å². The number of aliphatic hydroxyl groups is 1. The van der Waals surface area contributed by atoms with E-state index in [0.29, 0.717) is 35.7 Å². The van der Waals surface area contributed by atoms with E-state index in [0.717, 1.165) is 49.8 Å². The number of nitrogens with zero attached hydrogens (tertiary/aromatic N) is 1. The molecular formula is C36H51F2N3O3. The molecule has 4 atom stereocenters. The van der Waals surface area contributed by atoms with Crippen molar-refractivity contribution in [1.82, 2.24) is 15.5 Å². The van der Waals surface area contributed by atoms with Crippen LogP contribution in [0.25, 0.3) is 0 Å². The molecule has 3 unspecified atom stereocenters. The quantitative estimate of drug-likeness (QED) is 0.239. The molecule has 0 aromatic heterocycles. The lowest BCUT2D eigenvalue weighted by Crippen LogP contribution is -2.56.